The summed E-state index contributed by atoms with van der Waals surface area (Å²) in [5.74, 6) is 1.21. The molecular weight excluding hydrogens is 398 g/mol. The molecule has 2 aromatic heterocycles. The van der Waals surface area contributed by atoms with Gasteiger partial charge in [0, 0.05) is 23.5 Å². The van der Waals surface area contributed by atoms with Gasteiger partial charge in [0.25, 0.3) is 0 Å². The number of benzene rings is 2. The minimum atomic E-state index is -0.201. The third-order valence-corrected chi connectivity index (χ3v) is 5.75. The second-order valence-corrected chi connectivity index (χ2v) is 7.79. The number of nitrogens with zero attached hydrogens (tertiary/aromatic N) is 2. The molecule has 0 unspecified atom stereocenters. The van der Waals surface area contributed by atoms with E-state index in [1.54, 1.807) is 23.6 Å². The number of rotatable bonds is 4. The lowest BCUT2D eigenvalue weighted by Gasteiger charge is -2.08. The Labute approximate surface area is 176 Å². The van der Waals surface area contributed by atoms with Gasteiger partial charge in [0.1, 0.15) is 15.4 Å². The van der Waals surface area contributed by atoms with Crippen LogP contribution in [0.15, 0.2) is 60.8 Å². The van der Waals surface area contributed by atoms with Crippen LogP contribution < -0.4 is 14.8 Å². The molecule has 0 saturated heterocycles. The van der Waals surface area contributed by atoms with Crippen LogP contribution in [0.2, 0.25) is 0 Å². The Bertz CT molecular complexity index is 1260. The molecule has 0 bridgehead atoms. The molecule has 0 fully saturated rings. The summed E-state index contributed by atoms with van der Waals surface area (Å²) in [6, 6.07) is 15.3. The molecule has 1 amide bonds. The van der Waals surface area contributed by atoms with Gasteiger partial charge in [0.2, 0.25) is 12.7 Å². The van der Waals surface area contributed by atoms with Gasteiger partial charge in [-0.3, -0.25) is 4.79 Å². The summed E-state index contributed by atoms with van der Waals surface area (Å²) in [7, 11) is 0. The number of carbonyl (C=O) groups excluding carboxylic acids is 1. The molecule has 0 atom stereocenters. The van der Waals surface area contributed by atoms with E-state index in [2.05, 4.69) is 15.3 Å². The number of hydrogen-bond acceptors (Lipinski definition) is 6. The van der Waals surface area contributed by atoms with E-state index in [9.17, 15) is 4.79 Å². The molecule has 1 N–H and O–H groups in total. The number of pyridine rings is 1. The highest BCUT2D eigenvalue weighted by Gasteiger charge is 2.13. The molecule has 1 aliphatic rings. The Morgan fingerprint density at radius 2 is 2.03 bits per heavy atom. The van der Waals surface area contributed by atoms with Crippen LogP contribution in [-0.4, -0.2) is 22.7 Å². The van der Waals surface area contributed by atoms with Crippen molar-refractivity contribution in [3.63, 3.8) is 0 Å². The Kier molecular flexibility index (Phi) is 4.65. The zero-order valence-corrected chi connectivity index (χ0v) is 16.9. The predicted molar refractivity (Wildman–Crippen MR) is 118 cm³/mol. The van der Waals surface area contributed by atoms with Crippen LogP contribution in [0.3, 0.4) is 0 Å². The number of hydrogen-bond donors (Lipinski definition) is 1. The van der Waals surface area contributed by atoms with E-state index in [1.807, 2.05) is 55.5 Å². The van der Waals surface area contributed by atoms with Gasteiger partial charge in [-0.05, 0) is 66.6 Å². The van der Waals surface area contributed by atoms with Crippen molar-refractivity contribution in [3.8, 4) is 22.1 Å². The van der Waals surface area contributed by atoms with E-state index in [-0.39, 0.29) is 12.7 Å². The first-order valence-electron chi connectivity index (χ1n) is 9.37. The van der Waals surface area contributed by atoms with Crippen LogP contribution in [0.25, 0.3) is 27.0 Å². The first-order chi connectivity index (χ1) is 14.7. The van der Waals surface area contributed by atoms with Crippen LogP contribution in [-0.2, 0) is 4.79 Å². The Hall–Kier alpha value is -3.71. The van der Waals surface area contributed by atoms with Crippen molar-refractivity contribution in [2.45, 2.75) is 6.92 Å². The molecule has 5 rings (SSSR count). The molecule has 0 radical (unpaired) electrons. The smallest absolute Gasteiger partial charge is 0.248 e. The lowest BCUT2D eigenvalue weighted by molar-refractivity contribution is -0.111. The van der Waals surface area contributed by atoms with Crippen LogP contribution in [0.4, 0.5) is 5.69 Å². The van der Waals surface area contributed by atoms with E-state index >= 15 is 0 Å². The van der Waals surface area contributed by atoms with E-state index in [4.69, 9.17) is 9.47 Å². The molecule has 0 saturated carbocycles. The average molecular weight is 415 g/mol. The maximum absolute atomic E-state index is 12.4. The Morgan fingerprint density at radius 3 is 2.90 bits per heavy atom. The van der Waals surface area contributed by atoms with Crippen LogP contribution in [0.1, 0.15) is 11.1 Å². The van der Waals surface area contributed by atoms with Gasteiger partial charge < -0.3 is 14.8 Å². The second kappa shape index (κ2) is 7.61. The molecule has 0 aliphatic carbocycles. The number of aryl methyl sites for hydroxylation is 1. The third-order valence-electron chi connectivity index (χ3n) is 4.72. The van der Waals surface area contributed by atoms with Crippen LogP contribution >= 0.6 is 11.3 Å². The van der Waals surface area contributed by atoms with Gasteiger partial charge >= 0.3 is 0 Å². The van der Waals surface area contributed by atoms with Crippen molar-refractivity contribution in [1.29, 1.82) is 0 Å². The van der Waals surface area contributed by atoms with E-state index < -0.39 is 0 Å². The van der Waals surface area contributed by atoms with Gasteiger partial charge in [0.05, 0.1) is 0 Å². The summed E-state index contributed by atoms with van der Waals surface area (Å²) in [5, 5.41) is 3.84. The summed E-state index contributed by atoms with van der Waals surface area (Å²) in [4.78, 5) is 22.3. The molecule has 148 valence electrons. The van der Waals surface area contributed by atoms with Crippen molar-refractivity contribution < 1.29 is 14.3 Å². The van der Waals surface area contributed by atoms with Gasteiger partial charge in [-0.2, -0.15) is 0 Å². The molecular formula is C23H17N3O3S. The minimum Gasteiger partial charge on any atom is -0.454 e. The first kappa shape index (κ1) is 18.3. The number of aromatic nitrogens is 2. The molecule has 0 spiro atoms. The van der Waals surface area contributed by atoms with E-state index in [1.165, 1.54) is 6.08 Å². The number of amides is 1. The lowest BCUT2D eigenvalue weighted by Crippen LogP contribution is -2.08. The number of ether oxygens (including phenoxy) is 2. The maximum atomic E-state index is 12.4. The predicted octanol–water partition coefficient (Wildman–Crippen LogP) is 5.05. The van der Waals surface area contributed by atoms with Gasteiger partial charge in [-0.1, -0.05) is 17.4 Å². The zero-order chi connectivity index (χ0) is 20.5. The van der Waals surface area contributed by atoms with Crippen molar-refractivity contribution in [1.82, 2.24) is 9.97 Å². The molecule has 3 heterocycles. The second-order valence-electron chi connectivity index (χ2n) is 6.81. The third kappa shape index (κ3) is 3.62. The molecule has 2 aromatic carbocycles. The number of fused-ring (bicyclic) bond motifs is 2. The summed E-state index contributed by atoms with van der Waals surface area (Å²) in [5.41, 5.74) is 4.49. The van der Waals surface area contributed by atoms with Gasteiger partial charge in [-0.15, -0.1) is 0 Å². The fourth-order valence-electron chi connectivity index (χ4n) is 3.19. The lowest BCUT2D eigenvalue weighted by atomic mass is 10.1. The maximum Gasteiger partial charge on any atom is 0.248 e. The summed E-state index contributed by atoms with van der Waals surface area (Å²) >= 11 is 1.55. The van der Waals surface area contributed by atoms with E-state index in [0.717, 1.165) is 43.5 Å². The van der Waals surface area contributed by atoms with Crippen molar-refractivity contribution in [3.05, 3.63) is 71.9 Å². The highest BCUT2D eigenvalue weighted by atomic mass is 32.1. The highest BCUT2D eigenvalue weighted by Crippen LogP contribution is 2.33. The van der Waals surface area contributed by atoms with Crippen molar-refractivity contribution in [2.24, 2.45) is 0 Å². The Morgan fingerprint density at radius 1 is 1.13 bits per heavy atom. The monoisotopic (exact) mass is 415 g/mol. The number of carbonyl (C=O) groups is 1. The molecule has 7 heteroatoms. The molecule has 1 aliphatic heterocycles. The highest BCUT2D eigenvalue weighted by molar-refractivity contribution is 7.21. The van der Waals surface area contributed by atoms with Gasteiger partial charge in [0.15, 0.2) is 11.5 Å². The normalized spacial score (nSPS) is 12.6. The number of nitrogens with one attached hydrogen (secondary N) is 1. The van der Waals surface area contributed by atoms with Crippen LogP contribution in [0, 0.1) is 6.92 Å². The fraction of sp³-hybridized carbons (Fsp3) is 0.0870. The average Bonchev–Trinajstić information content (AvgIpc) is 3.40. The first-order valence-corrected chi connectivity index (χ1v) is 10.2. The van der Waals surface area contributed by atoms with E-state index in [0.29, 0.717) is 5.75 Å². The standard InChI is InChI=1S/C23H17N3O3S/c1-14-11-16(22-26-18-3-2-10-24-23(18)30-22)6-7-17(14)25-21(27)9-5-15-4-8-19-20(12-15)29-13-28-19/h2-12H,13H2,1H3,(H,25,27)/b9-5+. The Balaban J connectivity index is 1.30. The molecule has 30 heavy (non-hydrogen) atoms. The summed E-state index contributed by atoms with van der Waals surface area (Å²) in [6.07, 6.45) is 5.02. The minimum absolute atomic E-state index is 0.201. The van der Waals surface area contributed by atoms with Crippen molar-refractivity contribution in [2.75, 3.05) is 12.1 Å². The van der Waals surface area contributed by atoms with Crippen molar-refractivity contribution >= 4 is 39.4 Å². The quantitative estimate of drug-likeness (QED) is 0.472. The molecule has 4 aromatic rings. The summed E-state index contributed by atoms with van der Waals surface area (Å²) < 4.78 is 10.7. The van der Waals surface area contributed by atoms with Gasteiger partial charge in [-0.25, -0.2) is 9.97 Å². The molecule has 6 nitrogen and oxygen atoms in total. The SMILES string of the molecule is Cc1cc(-c2nc3cccnc3s2)ccc1NC(=O)/C=C/c1ccc2c(c1)OCO2. The fourth-order valence-corrected chi connectivity index (χ4v) is 4.10. The largest absolute Gasteiger partial charge is 0.454 e. The number of anilines is 1. The zero-order valence-electron chi connectivity index (χ0n) is 16.1. The summed E-state index contributed by atoms with van der Waals surface area (Å²) in [6.45, 7) is 2.19. The van der Waals surface area contributed by atoms with Crippen LogP contribution in [0.5, 0.6) is 11.5 Å². The number of thiazole rings is 1. The topological polar surface area (TPSA) is 73.3 Å².